The summed E-state index contributed by atoms with van der Waals surface area (Å²) in [6.07, 6.45) is 1.53. The first-order valence-electron chi connectivity index (χ1n) is 2.93. The second-order valence-corrected chi connectivity index (χ2v) is 3.43. The average molecular weight is 165 g/mol. The van der Waals surface area contributed by atoms with E-state index in [4.69, 9.17) is 13.6 Å². The summed E-state index contributed by atoms with van der Waals surface area (Å²) in [6.45, 7) is 4.49. The lowest BCUT2D eigenvalue weighted by Gasteiger charge is -2.18. The van der Waals surface area contributed by atoms with Gasteiger partial charge in [-0.1, -0.05) is 6.08 Å². The van der Waals surface area contributed by atoms with Crippen LogP contribution >= 0.6 is 8.17 Å². The molecule has 0 aromatic heterocycles. The molecule has 1 saturated heterocycles. The Morgan fingerprint density at radius 3 is 2.70 bits per heavy atom. The lowest BCUT2D eigenvalue weighted by atomic mass is 10.7. The minimum absolute atomic E-state index is 0.254. The third kappa shape index (κ3) is 2.01. The first-order chi connectivity index (χ1) is 4.77. The molecule has 0 unspecified atom stereocenters. The molecule has 1 fully saturated rings. The van der Waals surface area contributed by atoms with Gasteiger partial charge in [0.25, 0.3) is 0 Å². The highest BCUT2D eigenvalue weighted by Gasteiger charge is 2.34. The molecule has 0 atom stereocenters. The predicted octanol–water partition coefficient (Wildman–Crippen LogP) is 0.906. The van der Waals surface area contributed by atoms with Crippen LogP contribution in [0.2, 0.25) is 0 Å². The maximum Gasteiger partial charge on any atom is 0.378 e. The molecule has 5 heteroatoms. The van der Waals surface area contributed by atoms with Crippen LogP contribution < -0.4 is 0 Å². The summed E-state index contributed by atoms with van der Waals surface area (Å²) in [5.41, 5.74) is 0. The fraction of sp³-hybridized carbons (Fsp3) is 0.600. The van der Waals surface area contributed by atoms with Crippen LogP contribution in [0.15, 0.2) is 12.7 Å². The van der Waals surface area contributed by atoms with Gasteiger partial charge in [-0.25, -0.2) is 0 Å². The Morgan fingerprint density at radius 2 is 2.20 bits per heavy atom. The van der Waals surface area contributed by atoms with E-state index in [1.54, 1.807) is 0 Å². The van der Waals surface area contributed by atoms with E-state index >= 15 is 0 Å². The van der Waals surface area contributed by atoms with E-state index in [1.165, 1.54) is 6.08 Å². The van der Waals surface area contributed by atoms with Gasteiger partial charge in [0, 0.05) is 0 Å². The normalized spacial score (nSPS) is 22.9. The first-order valence-corrected chi connectivity index (χ1v) is 4.43. The van der Waals surface area contributed by atoms with E-state index in [0.29, 0.717) is 13.2 Å². The molecule has 0 saturated carbocycles. The molecular formula is C5H10O4P. The van der Waals surface area contributed by atoms with Gasteiger partial charge in [-0.3, -0.25) is 13.6 Å². The van der Waals surface area contributed by atoms with Gasteiger partial charge >= 0.3 is 8.17 Å². The van der Waals surface area contributed by atoms with E-state index in [1.807, 2.05) is 0 Å². The highest BCUT2D eigenvalue weighted by Crippen LogP contribution is 2.60. The lowest BCUT2D eigenvalue weighted by Crippen LogP contribution is -1.96. The van der Waals surface area contributed by atoms with E-state index in [2.05, 4.69) is 6.58 Å². The Balaban J connectivity index is 2.28. The van der Waals surface area contributed by atoms with E-state index in [0.717, 1.165) is 0 Å². The van der Waals surface area contributed by atoms with Crippen LogP contribution in [-0.4, -0.2) is 24.7 Å². The third-order valence-corrected chi connectivity index (χ3v) is 2.44. The Morgan fingerprint density at radius 1 is 1.60 bits per heavy atom. The van der Waals surface area contributed by atoms with Gasteiger partial charge in [0.2, 0.25) is 0 Å². The first kappa shape index (κ1) is 8.11. The average Bonchev–Trinajstić information content (AvgIpc) is 2.33. The van der Waals surface area contributed by atoms with Crippen LogP contribution in [0.4, 0.5) is 0 Å². The van der Waals surface area contributed by atoms with Crippen molar-refractivity contribution in [2.45, 2.75) is 0 Å². The third-order valence-electron chi connectivity index (χ3n) is 0.948. The lowest BCUT2D eigenvalue weighted by molar-refractivity contribution is 0.169. The Labute approximate surface area is 60.1 Å². The van der Waals surface area contributed by atoms with Crippen LogP contribution in [0.5, 0.6) is 0 Å². The molecule has 59 valence electrons. The molecule has 0 amide bonds. The van der Waals surface area contributed by atoms with Crippen molar-refractivity contribution < 1.29 is 18.5 Å². The van der Waals surface area contributed by atoms with Crippen molar-refractivity contribution in [1.82, 2.24) is 0 Å². The molecule has 1 heterocycles. The van der Waals surface area contributed by atoms with Gasteiger partial charge in [0.15, 0.2) is 0 Å². The number of hydrogen-bond donors (Lipinski definition) is 1. The highest BCUT2D eigenvalue weighted by molar-refractivity contribution is 7.55. The Bertz CT molecular complexity index is 121. The number of hydrogen-bond acceptors (Lipinski definition) is 4. The fourth-order valence-electron chi connectivity index (χ4n) is 0.564. The van der Waals surface area contributed by atoms with Gasteiger partial charge in [-0.05, 0) is 0 Å². The van der Waals surface area contributed by atoms with Crippen molar-refractivity contribution >= 4 is 8.17 Å². The smallest absolute Gasteiger partial charge is 0.314 e. The molecule has 0 aliphatic carbocycles. The maximum absolute atomic E-state index is 9.22. The van der Waals surface area contributed by atoms with Gasteiger partial charge in [-0.15, -0.1) is 6.58 Å². The predicted molar refractivity (Wildman–Crippen MR) is 37.2 cm³/mol. The molecule has 4 nitrogen and oxygen atoms in total. The van der Waals surface area contributed by atoms with E-state index < -0.39 is 8.17 Å². The molecule has 1 rings (SSSR count). The topological polar surface area (TPSA) is 47.9 Å². The Hall–Kier alpha value is 0.0100. The molecule has 1 N–H and O–H groups in total. The minimum atomic E-state index is -2.91. The number of rotatable bonds is 3. The molecule has 0 aromatic rings. The summed E-state index contributed by atoms with van der Waals surface area (Å²) >= 11 is 0. The summed E-state index contributed by atoms with van der Waals surface area (Å²) in [7, 11) is -2.91. The zero-order chi connectivity index (χ0) is 7.45. The van der Waals surface area contributed by atoms with Gasteiger partial charge in [0.05, 0.1) is 19.8 Å². The molecule has 1 radical (unpaired) electrons. The van der Waals surface area contributed by atoms with Crippen molar-refractivity contribution in [3.05, 3.63) is 12.7 Å². The molecule has 0 bridgehead atoms. The van der Waals surface area contributed by atoms with Crippen LogP contribution in [0.25, 0.3) is 0 Å². The second-order valence-electron chi connectivity index (χ2n) is 1.72. The second kappa shape index (κ2) is 3.42. The molecule has 1 aliphatic heterocycles. The fourth-order valence-corrected chi connectivity index (χ4v) is 1.69. The highest BCUT2D eigenvalue weighted by atomic mass is 31.2. The largest absolute Gasteiger partial charge is 0.378 e. The van der Waals surface area contributed by atoms with Crippen molar-refractivity contribution in [3.63, 3.8) is 0 Å². The molecule has 1 aliphatic rings. The standard InChI is InChI=1S/C5H10O4P/c1-2-3-7-10(6)8-4-5-9-10/h2,6H,1,3-5H2. The zero-order valence-electron chi connectivity index (χ0n) is 5.52. The quantitative estimate of drug-likeness (QED) is 0.498. The van der Waals surface area contributed by atoms with Crippen LogP contribution in [0.1, 0.15) is 0 Å². The van der Waals surface area contributed by atoms with Crippen LogP contribution in [-0.2, 0) is 13.6 Å². The minimum Gasteiger partial charge on any atom is -0.314 e. The molecule has 10 heavy (non-hydrogen) atoms. The summed E-state index contributed by atoms with van der Waals surface area (Å²) in [5.74, 6) is 0. The van der Waals surface area contributed by atoms with Crippen molar-refractivity contribution in [1.29, 1.82) is 0 Å². The van der Waals surface area contributed by atoms with Crippen LogP contribution in [0, 0.1) is 0 Å². The van der Waals surface area contributed by atoms with Gasteiger partial charge in [0.1, 0.15) is 0 Å². The Kier molecular flexibility index (Phi) is 2.77. The van der Waals surface area contributed by atoms with Crippen molar-refractivity contribution in [3.8, 4) is 0 Å². The zero-order valence-corrected chi connectivity index (χ0v) is 6.42. The van der Waals surface area contributed by atoms with E-state index in [-0.39, 0.29) is 6.61 Å². The van der Waals surface area contributed by atoms with Gasteiger partial charge in [-0.2, -0.15) is 0 Å². The molecule has 0 spiro atoms. The monoisotopic (exact) mass is 165 g/mol. The maximum atomic E-state index is 9.22. The summed E-state index contributed by atoms with van der Waals surface area (Å²) < 4.78 is 14.5. The molecular weight excluding hydrogens is 155 g/mol. The van der Waals surface area contributed by atoms with Gasteiger partial charge < -0.3 is 4.89 Å². The SMILES string of the molecule is C=CCO[P]1(O)OCCO1. The van der Waals surface area contributed by atoms with Crippen molar-refractivity contribution in [2.75, 3.05) is 19.8 Å². The summed E-state index contributed by atoms with van der Waals surface area (Å²) in [4.78, 5) is 9.22. The summed E-state index contributed by atoms with van der Waals surface area (Å²) in [6, 6.07) is 0. The summed E-state index contributed by atoms with van der Waals surface area (Å²) in [5, 5.41) is 0. The van der Waals surface area contributed by atoms with Crippen LogP contribution in [0.3, 0.4) is 0 Å². The van der Waals surface area contributed by atoms with Crippen molar-refractivity contribution in [2.24, 2.45) is 0 Å². The molecule has 0 aromatic carbocycles. The van der Waals surface area contributed by atoms with E-state index in [9.17, 15) is 4.89 Å².